The van der Waals surface area contributed by atoms with Crippen LogP contribution in [0.4, 0.5) is 0 Å². The quantitative estimate of drug-likeness (QED) is 0.585. The molecule has 1 rings (SSSR count). The van der Waals surface area contributed by atoms with E-state index < -0.39 is 0 Å². The molecule has 1 unspecified atom stereocenters. The maximum Gasteiger partial charge on any atom is 0.188 e. The molecule has 0 aromatic carbocycles. The van der Waals surface area contributed by atoms with Crippen LogP contribution in [-0.2, 0) is 4.74 Å². The first-order valence-electron chi connectivity index (χ1n) is 7.08. The molecule has 18 heavy (non-hydrogen) atoms. The van der Waals surface area contributed by atoms with Gasteiger partial charge in [-0.15, -0.1) is 0 Å². The van der Waals surface area contributed by atoms with Crippen LogP contribution in [-0.4, -0.2) is 31.8 Å². The highest BCUT2D eigenvalue weighted by molar-refractivity contribution is 5.78. The van der Waals surface area contributed by atoms with Crippen molar-refractivity contribution in [3.8, 4) is 0 Å². The normalized spacial score (nSPS) is 31.1. The summed E-state index contributed by atoms with van der Waals surface area (Å²) in [6, 6.07) is 0.394. The van der Waals surface area contributed by atoms with E-state index in [1.807, 2.05) is 0 Å². The molecule has 4 nitrogen and oxygen atoms in total. The summed E-state index contributed by atoms with van der Waals surface area (Å²) in [5, 5.41) is 3.21. The molecule has 0 saturated heterocycles. The van der Waals surface area contributed by atoms with Gasteiger partial charge in [-0.25, -0.2) is 0 Å². The summed E-state index contributed by atoms with van der Waals surface area (Å²) in [5.74, 6) is 0.583. The van der Waals surface area contributed by atoms with E-state index in [0.29, 0.717) is 18.1 Å². The molecule has 0 amide bonds. The fourth-order valence-electron chi connectivity index (χ4n) is 2.36. The van der Waals surface area contributed by atoms with Crippen molar-refractivity contribution in [1.29, 1.82) is 0 Å². The number of hydrogen-bond acceptors (Lipinski definition) is 2. The maximum absolute atomic E-state index is 5.89. The number of ether oxygens (including phenoxy) is 1. The lowest BCUT2D eigenvalue weighted by Crippen LogP contribution is -2.39. The summed E-state index contributed by atoms with van der Waals surface area (Å²) < 4.78 is 5.40. The monoisotopic (exact) mass is 255 g/mol. The summed E-state index contributed by atoms with van der Waals surface area (Å²) in [5.41, 5.74) is 6.18. The van der Waals surface area contributed by atoms with Crippen molar-refractivity contribution in [3.05, 3.63) is 0 Å². The third-order valence-corrected chi connectivity index (χ3v) is 4.11. The van der Waals surface area contributed by atoms with Gasteiger partial charge in [-0.2, -0.15) is 0 Å². The average Bonchev–Trinajstić information content (AvgIpc) is 2.37. The van der Waals surface area contributed by atoms with E-state index in [-0.39, 0.29) is 5.41 Å². The largest absolute Gasteiger partial charge is 0.381 e. The zero-order valence-corrected chi connectivity index (χ0v) is 12.3. The van der Waals surface area contributed by atoms with Crippen LogP contribution < -0.4 is 11.1 Å². The van der Waals surface area contributed by atoms with Crippen molar-refractivity contribution in [2.24, 2.45) is 16.1 Å². The highest BCUT2D eigenvalue weighted by atomic mass is 16.5. The standard InChI is InChI=1S/C14H29N3O/c1-5-11(2)17-13(15)16-10-14(3)8-6-12(18-4)7-9-14/h11-12H,5-10H2,1-4H3,(H3,15,16,17). The molecule has 106 valence electrons. The van der Waals surface area contributed by atoms with Gasteiger partial charge in [0.05, 0.1) is 6.10 Å². The summed E-state index contributed by atoms with van der Waals surface area (Å²) in [7, 11) is 1.81. The molecule has 0 heterocycles. The fourth-order valence-corrected chi connectivity index (χ4v) is 2.36. The topological polar surface area (TPSA) is 59.6 Å². The number of nitrogens with zero attached hydrogens (tertiary/aromatic N) is 1. The van der Waals surface area contributed by atoms with E-state index in [9.17, 15) is 0 Å². The van der Waals surface area contributed by atoms with E-state index in [2.05, 4.69) is 31.1 Å². The zero-order chi connectivity index (χ0) is 13.6. The minimum Gasteiger partial charge on any atom is -0.381 e. The molecule has 0 radical (unpaired) electrons. The predicted molar refractivity (Wildman–Crippen MR) is 76.8 cm³/mol. The number of rotatable bonds is 5. The molecular formula is C14H29N3O. The molecule has 1 atom stereocenters. The van der Waals surface area contributed by atoms with Crippen molar-refractivity contribution in [1.82, 2.24) is 5.32 Å². The first kappa shape index (κ1) is 15.3. The van der Waals surface area contributed by atoms with Crippen LogP contribution in [0, 0.1) is 5.41 Å². The SMILES string of the molecule is CCC(C)NC(N)=NCC1(C)CCC(OC)CC1. The Labute approximate surface area is 111 Å². The van der Waals surface area contributed by atoms with Crippen LogP contribution in [0.3, 0.4) is 0 Å². The van der Waals surface area contributed by atoms with E-state index in [1.54, 1.807) is 7.11 Å². The van der Waals surface area contributed by atoms with Gasteiger partial charge in [-0.1, -0.05) is 13.8 Å². The number of methoxy groups -OCH3 is 1. The summed E-state index contributed by atoms with van der Waals surface area (Å²) in [6.45, 7) is 7.38. The van der Waals surface area contributed by atoms with Crippen LogP contribution in [0.5, 0.6) is 0 Å². The van der Waals surface area contributed by atoms with Crippen LogP contribution >= 0.6 is 0 Å². The molecular weight excluding hydrogens is 226 g/mol. The highest BCUT2D eigenvalue weighted by Crippen LogP contribution is 2.36. The lowest BCUT2D eigenvalue weighted by atomic mass is 9.75. The molecule has 1 saturated carbocycles. The van der Waals surface area contributed by atoms with Crippen molar-refractivity contribution in [3.63, 3.8) is 0 Å². The van der Waals surface area contributed by atoms with Crippen LogP contribution in [0.15, 0.2) is 4.99 Å². The van der Waals surface area contributed by atoms with Crippen molar-refractivity contribution >= 4 is 5.96 Å². The van der Waals surface area contributed by atoms with Crippen molar-refractivity contribution in [2.75, 3.05) is 13.7 Å². The number of hydrogen-bond donors (Lipinski definition) is 2. The van der Waals surface area contributed by atoms with Crippen LogP contribution in [0.2, 0.25) is 0 Å². The molecule has 1 aliphatic rings. The maximum atomic E-state index is 5.89. The Bertz CT molecular complexity index is 270. The Morgan fingerprint density at radius 3 is 2.61 bits per heavy atom. The Morgan fingerprint density at radius 2 is 2.11 bits per heavy atom. The van der Waals surface area contributed by atoms with E-state index in [4.69, 9.17) is 10.5 Å². The molecule has 3 N–H and O–H groups in total. The van der Waals surface area contributed by atoms with E-state index >= 15 is 0 Å². The smallest absolute Gasteiger partial charge is 0.188 e. The minimum atomic E-state index is 0.288. The zero-order valence-electron chi connectivity index (χ0n) is 12.3. The average molecular weight is 255 g/mol. The molecule has 0 aromatic rings. The Balaban J connectivity index is 2.40. The van der Waals surface area contributed by atoms with Gasteiger partial charge in [0, 0.05) is 19.7 Å². The van der Waals surface area contributed by atoms with Crippen LogP contribution in [0.25, 0.3) is 0 Å². The van der Waals surface area contributed by atoms with Gasteiger partial charge in [0.15, 0.2) is 5.96 Å². The Kier molecular flexibility index (Phi) is 5.93. The Morgan fingerprint density at radius 1 is 1.50 bits per heavy atom. The third-order valence-electron chi connectivity index (χ3n) is 4.11. The van der Waals surface area contributed by atoms with Gasteiger partial charge in [-0.3, -0.25) is 4.99 Å². The lowest BCUT2D eigenvalue weighted by Gasteiger charge is -2.35. The van der Waals surface area contributed by atoms with Gasteiger partial charge >= 0.3 is 0 Å². The fraction of sp³-hybridized carbons (Fsp3) is 0.929. The van der Waals surface area contributed by atoms with E-state index in [1.165, 1.54) is 12.8 Å². The number of nitrogens with one attached hydrogen (secondary N) is 1. The molecule has 0 aliphatic heterocycles. The van der Waals surface area contributed by atoms with Gasteiger partial charge in [0.25, 0.3) is 0 Å². The van der Waals surface area contributed by atoms with Gasteiger partial charge in [0.2, 0.25) is 0 Å². The third kappa shape index (κ3) is 4.84. The van der Waals surface area contributed by atoms with Crippen molar-refractivity contribution in [2.45, 2.75) is 65.0 Å². The number of guanidine groups is 1. The number of nitrogens with two attached hydrogens (primary N) is 1. The lowest BCUT2D eigenvalue weighted by molar-refractivity contribution is 0.0352. The van der Waals surface area contributed by atoms with Gasteiger partial charge < -0.3 is 15.8 Å². The van der Waals surface area contributed by atoms with Gasteiger partial charge in [-0.05, 0) is 44.4 Å². The Hall–Kier alpha value is -0.770. The number of aliphatic imine (C=N–C) groups is 1. The molecule has 4 heteroatoms. The predicted octanol–water partition coefficient (Wildman–Crippen LogP) is 2.28. The highest BCUT2D eigenvalue weighted by Gasteiger charge is 2.30. The molecule has 0 aromatic heterocycles. The summed E-state index contributed by atoms with van der Waals surface area (Å²) in [6.07, 6.45) is 6.13. The molecule has 1 aliphatic carbocycles. The molecule has 0 bridgehead atoms. The molecule has 0 spiro atoms. The van der Waals surface area contributed by atoms with Gasteiger partial charge in [0.1, 0.15) is 0 Å². The molecule has 1 fully saturated rings. The second-order valence-electron chi connectivity index (χ2n) is 5.90. The van der Waals surface area contributed by atoms with Crippen LogP contribution in [0.1, 0.15) is 52.9 Å². The second-order valence-corrected chi connectivity index (χ2v) is 5.90. The van der Waals surface area contributed by atoms with E-state index in [0.717, 1.165) is 25.8 Å². The first-order valence-corrected chi connectivity index (χ1v) is 7.08. The van der Waals surface area contributed by atoms with Crippen molar-refractivity contribution < 1.29 is 4.74 Å². The minimum absolute atomic E-state index is 0.288. The first-order chi connectivity index (χ1) is 8.49. The second kappa shape index (κ2) is 6.98. The summed E-state index contributed by atoms with van der Waals surface area (Å²) in [4.78, 5) is 4.50. The summed E-state index contributed by atoms with van der Waals surface area (Å²) >= 11 is 0.